The van der Waals surface area contributed by atoms with E-state index in [0.29, 0.717) is 11.7 Å². The van der Waals surface area contributed by atoms with Crippen molar-refractivity contribution < 1.29 is 0 Å². The molecule has 94 valence electrons. The average molecular weight is 236 g/mol. The molecule has 1 aliphatic rings. The maximum atomic E-state index is 11.3. The number of aromatic amines is 1. The van der Waals surface area contributed by atoms with Gasteiger partial charge in [-0.1, -0.05) is 19.8 Å². The van der Waals surface area contributed by atoms with Gasteiger partial charge in [-0.2, -0.15) is 0 Å². The molecule has 1 saturated carbocycles. The quantitative estimate of drug-likeness (QED) is 0.744. The molecule has 1 heterocycles. The van der Waals surface area contributed by atoms with Crippen LogP contribution in [0.5, 0.6) is 0 Å². The van der Waals surface area contributed by atoms with Gasteiger partial charge in [0.15, 0.2) is 5.82 Å². The van der Waals surface area contributed by atoms with Gasteiger partial charge in [0.05, 0.1) is 6.33 Å². The molecule has 5 nitrogen and oxygen atoms in total. The van der Waals surface area contributed by atoms with E-state index in [0.717, 1.165) is 12.5 Å². The van der Waals surface area contributed by atoms with Crippen LogP contribution in [0.2, 0.25) is 0 Å². The zero-order chi connectivity index (χ0) is 12.3. The summed E-state index contributed by atoms with van der Waals surface area (Å²) >= 11 is 0. The van der Waals surface area contributed by atoms with Crippen molar-refractivity contribution in [3.05, 3.63) is 16.7 Å². The monoisotopic (exact) mass is 236 g/mol. The number of nitrogens with two attached hydrogens (primary N) is 1. The maximum Gasteiger partial charge on any atom is 0.276 e. The summed E-state index contributed by atoms with van der Waals surface area (Å²) in [5.41, 5.74) is 5.56. The van der Waals surface area contributed by atoms with E-state index in [9.17, 15) is 4.79 Å². The Labute approximate surface area is 101 Å². The molecule has 0 spiro atoms. The van der Waals surface area contributed by atoms with Gasteiger partial charge in [0.2, 0.25) is 0 Å². The van der Waals surface area contributed by atoms with Crippen LogP contribution in [0.3, 0.4) is 0 Å². The molecule has 4 N–H and O–H groups in total. The Kier molecular flexibility index (Phi) is 3.66. The number of rotatable bonds is 3. The van der Waals surface area contributed by atoms with E-state index in [1.54, 1.807) is 0 Å². The van der Waals surface area contributed by atoms with Gasteiger partial charge in [0.1, 0.15) is 5.69 Å². The van der Waals surface area contributed by atoms with Gasteiger partial charge < -0.3 is 16.0 Å². The van der Waals surface area contributed by atoms with Crippen molar-refractivity contribution >= 4 is 11.5 Å². The Morgan fingerprint density at radius 2 is 2.41 bits per heavy atom. The molecule has 1 fully saturated rings. The molecule has 2 rings (SSSR count). The van der Waals surface area contributed by atoms with Crippen LogP contribution in [0.15, 0.2) is 11.1 Å². The Balaban J connectivity index is 1.93. The molecule has 1 aromatic rings. The number of hydrogen-bond acceptors (Lipinski definition) is 4. The summed E-state index contributed by atoms with van der Waals surface area (Å²) in [5, 5.41) is 3.19. The van der Waals surface area contributed by atoms with E-state index in [4.69, 9.17) is 5.73 Å². The Morgan fingerprint density at radius 1 is 1.59 bits per heavy atom. The third-order valence-corrected chi connectivity index (χ3v) is 3.49. The van der Waals surface area contributed by atoms with E-state index in [-0.39, 0.29) is 11.2 Å². The highest BCUT2D eigenvalue weighted by molar-refractivity contribution is 5.58. The van der Waals surface area contributed by atoms with Crippen LogP contribution in [0.4, 0.5) is 11.5 Å². The standard InChI is InChI=1S/C12H20N4O/c1-8-3-2-4-9(5-8)6-14-11-10(13)12(17)16-7-15-11/h7-9H,2-6,13H2,1H3,(H2,14,15,16,17). The van der Waals surface area contributed by atoms with Gasteiger partial charge in [-0.3, -0.25) is 4.79 Å². The molecule has 0 aromatic carbocycles. The summed E-state index contributed by atoms with van der Waals surface area (Å²) in [4.78, 5) is 17.8. The fourth-order valence-corrected chi connectivity index (χ4v) is 2.54. The molecule has 0 saturated heterocycles. The van der Waals surface area contributed by atoms with Crippen molar-refractivity contribution in [3.8, 4) is 0 Å². The molecular formula is C12H20N4O. The second kappa shape index (κ2) is 5.21. The number of H-pyrrole nitrogens is 1. The van der Waals surface area contributed by atoms with Gasteiger partial charge >= 0.3 is 0 Å². The van der Waals surface area contributed by atoms with E-state index in [1.807, 2.05) is 0 Å². The van der Waals surface area contributed by atoms with Gasteiger partial charge in [-0.05, 0) is 24.7 Å². The lowest BCUT2D eigenvalue weighted by atomic mass is 9.82. The van der Waals surface area contributed by atoms with Crippen molar-refractivity contribution in [2.45, 2.75) is 32.6 Å². The second-order valence-electron chi connectivity index (χ2n) is 5.01. The van der Waals surface area contributed by atoms with Crippen molar-refractivity contribution in [2.24, 2.45) is 11.8 Å². The van der Waals surface area contributed by atoms with E-state index in [2.05, 4.69) is 22.2 Å². The summed E-state index contributed by atoms with van der Waals surface area (Å²) in [6.45, 7) is 3.15. The van der Waals surface area contributed by atoms with Crippen LogP contribution in [0.25, 0.3) is 0 Å². The number of anilines is 2. The van der Waals surface area contributed by atoms with Gasteiger partial charge in [0.25, 0.3) is 5.56 Å². The van der Waals surface area contributed by atoms with Crippen molar-refractivity contribution in [1.82, 2.24) is 9.97 Å². The third-order valence-electron chi connectivity index (χ3n) is 3.49. The van der Waals surface area contributed by atoms with Crippen LogP contribution in [-0.2, 0) is 0 Å². The van der Waals surface area contributed by atoms with Crippen LogP contribution >= 0.6 is 0 Å². The molecular weight excluding hydrogens is 216 g/mol. The molecule has 0 radical (unpaired) electrons. The number of nitrogens with one attached hydrogen (secondary N) is 2. The summed E-state index contributed by atoms with van der Waals surface area (Å²) in [7, 11) is 0. The molecule has 0 bridgehead atoms. The smallest absolute Gasteiger partial charge is 0.276 e. The number of hydrogen-bond donors (Lipinski definition) is 3. The Morgan fingerprint density at radius 3 is 3.18 bits per heavy atom. The predicted molar refractivity (Wildman–Crippen MR) is 68.9 cm³/mol. The number of nitrogens with zero attached hydrogens (tertiary/aromatic N) is 1. The Hall–Kier alpha value is -1.52. The molecule has 5 heteroatoms. The molecule has 1 aromatic heterocycles. The fourth-order valence-electron chi connectivity index (χ4n) is 2.54. The minimum absolute atomic E-state index is 0.177. The summed E-state index contributed by atoms with van der Waals surface area (Å²) in [6.07, 6.45) is 6.51. The Bertz CT molecular complexity index is 429. The minimum atomic E-state index is -0.278. The van der Waals surface area contributed by atoms with Crippen molar-refractivity contribution in [3.63, 3.8) is 0 Å². The minimum Gasteiger partial charge on any atom is -0.391 e. The summed E-state index contributed by atoms with van der Waals surface area (Å²) in [5.74, 6) is 1.98. The zero-order valence-corrected chi connectivity index (χ0v) is 10.2. The fraction of sp³-hybridized carbons (Fsp3) is 0.667. The highest BCUT2D eigenvalue weighted by Gasteiger charge is 2.19. The van der Waals surface area contributed by atoms with Gasteiger partial charge in [0, 0.05) is 6.54 Å². The van der Waals surface area contributed by atoms with Gasteiger partial charge in [-0.15, -0.1) is 0 Å². The topological polar surface area (TPSA) is 83.8 Å². The van der Waals surface area contributed by atoms with Crippen LogP contribution < -0.4 is 16.6 Å². The summed E-state index contributed by atoms with van der Waals surface area (Å²) in [6, 6.07) is 0. The van der Waals surface area contributed by atoms with Gasteiger partial charge in [-0.25, -0.2) is 4.98 Å². The number of nitrogen functional groups attached to an aromatic ring is 1. The lowest BCUT2D eigenvalue weighted by Gasteiger charge is -2.27. The zero-order valence-electron chi connectivity index (χ0n) is 10.2. The third kappa shape index (κ3) is 2.99. The largest absolute Gasteiger partial charge is 0.391 e. The molecule has 2 unspecified atom stereocenters. The SMILES string of the molecule is CC1CCCC(CNc2nc[nH]c(=O)c2N)C1. The first kappa shape index (κ1) is 12.0. The van der Waals surface area contributed by atoms with Crippen LogP contribution in [0.1, 0.15) is 32.6 Å². The lowest BCUT2D eigenvalue weighted by Crippen LogP contribution is -2.23. The molecule has 17 heavy (non-hydrogen) atoms. The summed E-state index contributed by atoms with van der Waals surface area (Å²) < 4.78 is 0. The normalized spacial score (nSPS) is 24.5. The van der Waals surface area contributed by atoms with Crippen LogP contribution in [0, 0.1) is 11.8 Å². The van der Waals surface area contributed by atoms with Crippen LogP contribution in [-0.4, -0.2) is 16.5 Å². The molecule has 0 aliphatic heterocycles. The first-order valence-electron chi connectivity index (χ1n) is 6.24. The van der Waals surface area contributed by atoms with Crippen molar-refractivity contribution in [2.75, 3.05) is 17.6 Å². The van der Waals surface area contributed by atoms with E-state index >= 15 is 0 Å². The highest BCUT2D eigenvalue weighted by Crippen LogP contribution is 2.28. The van der Waals surface area contributed by atoms with E-state index < -0.39 is 0 Å². The number of aromatic nitrogens is 2. The van der Waals surface area contributed by atoms with Crippen molar-refractivity contribution in [1.29, 1.82) is 0 Å². The first-order valence-corrected chi connectivity index (χ1v) is 6.24. The second-order valence-corrected chi connectivity index (χ2v) is 5.01. The molecule has 1 aliphatic carbocycles. The average Bonchev–Trinajstić information content (AvgIpc) is 2.31. The predicted octanol–water partition coefficient (Wildman–Crippen LogP) is 1.59. The molecule has 0 amide bonds. The maximum absolute atomic E-state index is 11.3. The van der Waals surface area contributed by atoms with E-state index in [1.165, 1.54) is 32.0 Å². The first-order chi connectivity index (χ1) is 8.16. The lowest BCUT2D eigenvalue weighted by molar-refractivity contribution is 0.293. The molecule has 2 atom stereocenters. The highest BCUT2D eigenvalue weighted by atomic mass is 16.1.